The van der Waals surface area contributed by atoms with Crippen molar-refractivity contribution in [2.45, 2.75) is 19.6 Å². The quantitative estimate of drug-likeness (QED) is 0.122. The van der Waals surface area contributed by atoms with Gasteiger partial charge in [0.2, 0.25) is 0 Å². The van der Waals surface area contributed by atoms with Gasteiger partial charge in [0.25, 0.3) is 0 Å². The second kappa shape index (κ2) is 17.0. The number of nitrogens with one attached hydrogen (secondary N) is 2. The van der Waals surface area contributed by atoms with Gasteiger partial charge >= 0.3 is 11.9 Å². The van der Waals surface area contributed by atoms with Gasteiger partial charge in [0.15, 0.2) is 0 Å². The molecule has 0 unspecified atom stereocenters. The Labute approximate surface area is 291 Å². The minimum absolute atomic E-state index is 0.164. The molecular weight excluding hydrogens is 663 g/mol. The Morgan fingerprint density at radius 2 is 0.959 bits per heavy atom. The average Bonchev–Trinajstić information content (AvgIpc) is 3.11. The molecule has 246 valence electrons. The first-order valence-electron chi connectivity index (χ1n) is 14.9. The lowest BCUT2D eigenvalue weighted by Gasteiger charge is -2.13. The number of benzene rings is 6. The summed E-state index contributed by atoms with van der Waals surface area (Å²) in [4.78, 5) is 27.5. The number of carboxylic acid groups (broad SMARTS) is 1. The van der Waals surface area contributed by atoms with Crippen molar-refractivity contribution in [3.05, 3.63) is 168 Å². The fraction of sp³-hybridized carbons (Fsp3) is 0.0256. The molecule has 0 bridgehead atoms. The number of hydrogen-bond donors (Lipinski definition) is 3. The number of aromatic carboxylic acids is 1. The van der Waals surface area contributed by atoms with Crippen LogP contribution in [0.15, 0.2) is 165 Å². The van der Waals surface area contributed by atoms with Crippen LogP contribution < -0.4 is 10.6 Å². The highest BCUT2D eigenvalue weighted by atomic mass is 32.2. The third-order valence-corrected chi connectivity index (χ3v) is 8.82. The summed E-state index contributed by atoms with van der Waals surface area (Å²) in [6.07, 6.45) is 0. The van der Waals surface area contributed by atoms with Gasteiger partial charge in [0.05, 0.1) is 29.6 Å². The number of methoxy groups -OCH3 is 1. The van der Waals surface area contributed by atoms with Gasteiger partial charge in [-0.3, -0.25) is 0 Å². The zero-order chi connectivity index (χ0) is 34.6. The summed E-state index contributed by atoms with van der Waals surface area (Å²) in [7, 11) is 1.34. The van der Waals surface area contributed by atoms with Crippen LogP contribution >= 0.6 is 23.5 Å². The number of rotatable bonds is 10. The van der Waals surface area contributed by atoms with Crippen LogP contribution in [-0.2, 0) is 4.74 Å². The molecule has 0 heterocycles. The number of carbonyl (C=O) groups is 2. The van der Waals surface area contributed by atoms with E-state index in [-0.39, 0.29) is 17.2 Å². The fourth-order valence-electron chi connectivity index (χ4n) is 4.48. The number of ether oxygens (including phenoxy) is 1. The molecule has 0 amide bonds. The molecule has 0 saturated heterocycles. The van der Waals surface area contributed by atoms with E-state index < -0.39 is 11.9 Å². The van der Waals surface area contributed by atoms with E-state index in [0.29, 0.717) is 28.3 Å². The first-order valence-corrected chi connectivity index (χ1v) is 16.5. The minimum atomic E-state index is -1.02. The minimum Gasteiger partial charge on any atom is -0.478 e. The second-order valence-electron chi connectivity index (χ2n) is 10.3. The Kier molecular flexibility index (Phi) is 12.1. The van der Waals surface area contributed by atoms with Crippen molar-refractivity contribution < 1.29 is 28.2 Å². The van der Waals surface area contributed by atoms with Crippen molar-refractivity contribution in [1.29, 1.82) is 0 Å². The SMILES string of the molecule is COC(=O)c1ccc(Sc2ccccc2)cc1Nc1ccc(F)cc1.O=C(O)c1ccc(Sc2ccccc2)cc1Nc1ccc(F)cc1. The van der Waals surface area contributed by atoms with Gasteiger partial charge in [-0.1, -0.05) is 59.9 Å². The number of esters is 1. The molecule has 0 radical (unpaired) electrons. The van der Waals surface area contributed by atoms with Crippen molar-refractivity contribution in [3.63, 3.8) is 0 Å². The first kappa shape index (κ1) is 34.7. The Balaban J connectivity index is 0.000000191. The largest absolute Gasteiger partial charge is 0.478 e. The number of carboxylic acids is 1. The third-order valence-electron chi connectivity index (χ3n) is 6.82. The summed E-state index contributed by atoms with van der Waals surface area (Å²) >= 11 is 3.13. The molecule has 0 aliphatic rings. The van der Waals surface area contributed by atoms with E-state index in [4.69, 9.17) is 4.74 Å². The number of carbonyl (C=O) groups excluding carboxylic acids is 1. The van der Waals surface area contributed by atoms with E-state index in [9.17, 15) is 23.5 Å². The molecule has 0 fully saturated rings. The van der Waals surface area contributed by atoms with E-state index in [2.05, 4.69) is 10.6 Å². The molecule has 0 saturated carbocycles. The lowest BCUT2D eigenvalue weighted by molar-refractivity contribution is 0.0601. The van der Waals surface area contributed by atoms with Gasteiger partial charge in [-0.25, -0.2) is 18.4 Å². The van der Waals surface area contributed by atoms with Crippen molar-refractivity contribution >= 4 is 58.2 Å². The molecule has 49 heavy (non-hydrogen) atoms. The van der Waals surface area contributed by atoms with Gasteiger partial charge in [-0.05, 0) is 109 Å². The van der Waals surface area contributed by atoms with Crippen LogP contribution in [0.4, 0.5) is 31.5 Å². The smallest absolute Gasteiger partial charge is 0.339 e. The molecule has 6 aromatic carbocycles. The average molecular weight is 693 g/mol. The zero-order valence-electron chi connectivity index (χ0n) is 26.1. The maximum Gasteiger partial charge on any atom is 0.339 e. The summed E-state index contributed by atoms with van der Waals surface area (Å²) in [5.41, 5.74) is 2.98. The highest BCUT2D eigenvalue weighted by Crippen LogP contribution is 2.34. The molecule has 0 aliphatic heterocycles. The van der Waals surface area contributed by atoms with Crippen LogP contribution in [0.25, 0.3) is 0 Å². The van der Waals surface area contributed by atoms with Crippen molar-refractivity contribution in [2.75, 3.05) is 17.7 Å². The topological polar surface area (TPSA) is 87.7 Å². The Morgan fingerprint density at radius 3 is 1.37 bits per heavy atom. The van der Waals surface area contributed by atoms with Gasteiger partial charge in [0, 0.05) is 31.0 Å². The van der Waals surface area contributed by atoms with Crippen LogP contribution in [0.1, 0.15) is 20.7 Å². The van der Waals surface area contributed by atoms with E-state index in [0.717, 1.165) is 19.6 Å². The standard InChI is InChI=1S/C20H16FNO2S.C19H14FNO2S/c1-24-20(23)18-12-11-17(25-16-5-3-2-4-6-16)13-19(18)22-15-9-7-14(21)8-10-15;20-13-6-8-14(9-7-13)21-18-12-16(10-11-17(18)19(22)23)24-15-4-2-1-3-5-15/h2-13,22H,1H3;1-12,21H,(H,22,23). The molecular formula is C39H30F2N2O4S2. The molecule has 0 aromatic heterocycles. The Hall–Kier alpha value is -5.58. The molecule has 6 nitrogen and oxygen atoms in total. The molecule has 0 spiro atoms. The second-order valence-corrected chi connectivity index (χ2v) is 12.6. The fourth-order valence-corrected chi connectivity index (χ4v) is 6.24. The molecule has 3 N–H and O–H groups in total. The molecule has 0 aliphatic carbocycles. The van der Waals surface area contributed by atoms with Crippen LogP contribution in [0.3, 0.4) is 0 Å². The maximum atomic E-state index is 13.1. The Bertz CT molecular complexity index is 2010. The molecule has 10 heteroatoms. The van der Waals surface area contributed by atoms with Crippen LogP contribution in [0, 0.1) is 11.6 Å². The van der Waals surface area contributed by atoms with E-state index >= 15 is 0 Å². The van der Waals surface area contributed by atoms with Crippen molar-refractivity contribution in [1.82, 2.24) is 0 Å². The number of halogens is 2. The summed E-state index contributed by atoms with van der Waals surface area (Å²) in [6, 6.07) is 42.1. The Morgan fingerprint density at radius 1 is 0.551 bits per heavy atom. The van der Waals surface area contributed by atoms with Gasteiger partial charge in [0.1, 0.15) is 11.6 Å². The normalized spacial score (nSPS) is 10.3. The highest BCUT2D eigenvalue weighted by molar-refractivity contribution is 7.99. The van der Waals surface area contributed by atoms with E-state index in [1.165, 1.54) is 31.4 Å². The molecule has 6 rings (SSSR count). The highest BCUT2D eigenvalue weighted by Gasteiger charge is 2.14. The predicted octanol–water partition coefficient (Wildman–Crippen LogP) is 10.9. The van der Waals surface area contributed by atoms with Gasteiger partial charge in [-0.15, -0.1) is 0 Å². The summed E-state index contributed by atoms with van der Waals surface area (Å²) in [5, 5.41) is 15.6. The van der Waals surface area contributed by atoms with Crippen LogP contribution in [0.2, 0.25) is 0 Å². The number of hydrogen-bond acceptors (Lipinski definition) is 7. The summed E-state index contributed by atoms with van der Waals surface area (Å²) in [5.74, 6) is -2.10. The van der Waals surface area contributed by atoms with E-state index in [1.807, 2.05) is 72.8 Å². The van der Waals surface area contributed by atoms with Gasteiger partial charge < -0.3 is 20.5 Å². The van der Waals surface area contributed by atoms with E-state index in [1.54, 1.807) is 72.1 Å². The lowest BCUT2D eigenvalue weighted by Crippen LogP contribution is -2.05. The monoisotopic (exact) mass is 692 g/mol. The third kappa shape index (κ3) is 10.2. The molecule has 6 aromatic rings. The van der Waals surface area contributed by atoms with Crippen LogP contribution in [-0.4, -0.2) is 24.2 Å². The predicted molar refractivity (Wildman–Crippen MR) is 192 cm³/mol. The first-order chi connectivity index (χ1) is 23.8. The molecule has 0 atom stereocenters. The summed E-state index contributed by atoms with van der Waals surface area (Å²) in [6.45, 7) is 0. The van der Waals surface area contributed by atoms with Crippen LogP contribution in [0.5, 0.6) is 0 Å². The van der Waals surface area contributed by atoms with Gasteiger partial charge in [-0.2, -0.15) is 0 Å². The van der Waals surface area contributed by atoms with Crippen molar-refractivity contribution in [3.8, 4) is 0 Å². The maximum absolute atomic E-state index is 13.1. The van der Waals surface area contributed by atoms with Crippen molar-refractivity contribution in [2.24, 2.45) is 0 Å². The lowest BCUT2D eigenvalue weighted by atomic mass is 10.1. The number of anilines is 4. The summed E-state index contributed by atoms with van der Waals surface area (Å²) < 4.78 is 30.9. The zero-order valence-corrected chi connectivity index (χ0v) is 27.7.